The van der Waals surface area contributed by atoms with Crippen molar-refractivity contribution >= 4 is 23.2 Å². The third-order valence-electron chi connectivity index (χ3n) is 4.28. The second kappa shape index (κ2) is 9.61. The lowest BCUT2D eigenvalue weighted by Crippen LogP contribution is -2.36. The summed E-state index contributed by atoms with van der Waals surface area (Å²) in [6.07, 6.45) is 0. The summed E-state index contributed by atoms with van der Waals surface area (Å²) in [7, 11) is 0. The molecule has 0 atom stereocenters. The quantitative estimate of drug-likeness (QED) is 0.790. The second-order valence-corrected chi connectivity index (χ2v) is 6.13. The van der Waals surface area contributed by atoms with Gasteiger partial charge in [0.15, 0.2) is 0 Å². The zero-order valence-electron chi connectivity index (χ0n) is 15.7. The van der Waals surface area contributed by atoms with Gasteiger partial charge >= 0.3 is 0 Å². The first-order valence-electron chi connectivity index (χ1n) is 8.97. The first-order valence-corrected chi connectivity index (χ1v) is 8.97. The second-order valence-electron chi connectivity index (χ2n) is 6.13. The van der Waals surface area contributed by atoms with Crippen LogP contribution in [0.5, 0.6) is 0 Å². The fraction of sp³-hybridized carbons (Fsp3) is 0.333. The molecule has 0 aliphatic rings. The molecule has 138 valence electrons. The average Bonchev–Trinajstić information content (AvgIpc) is 2.64. The molecule has 1 N–H and O–H groups in total. The van der Waals surface area contributed by atoms with Crippen LogP contribution < -0.4 is 10.2 Å². The van der Waals surface area contributed by atoms with E-state index in [0.717, 1.165) is 30.0 Å². The molecule has 2 aromatic carbocycles. The van der Waals surface area contributed by atoms with E-state index in [0.29, 0.717) is 6.54 Å². The van der Waals surface area contributed by atoms with Gasteiger partial charge in [-0.2, -0.15) is 0 Å². The third-order valence-corrected chi connectivity index (χ3v) is 4.28. The molecule has 26 heavy (non-hydrogen) atoms. The van der Waals surface area contributed by atoms with Crippen LogP contribution in [0.1, 0.15) is 26.3 Å². The summed E-state index contributed by atoms with van der Waals surface area (Å²) in [6, 6.07) is 17.4. The predicted octanol–water partition coefficient (Wildman–Crippen LogP) is 3.52. The Hall–Kier alpha value is -2.82. The van der Waals surface area contributed by atoms with Gasteiger partial charge in [-0.1, -0.05) is 30.3 Å². The lowest BCUT2D eigenvalue weighted by atomic mass is 10.2. The number of carbonyl (C=O) groups excluding carboxylic acids is 2. The van der Waals surface area contributed by atoms with Gasteiger partial charge in [0.1, 0.15) is 6.54 Å². The van der Waals surface area contributed by atoms with Crippen LogP contribution in [0.4, 0.5) is 11.4 Å². The van der Waals surface area contributed by atoms with E-state index in [1.54, 1.807) is 0 Å². The van der Waals surface area contributed by atoms with Crippen LogP contribution in [0.25, 0.3) is 0 Å². The number of anilines is 2. The zero-order chi connectivity index (χ0) is 18.9. The Balaban J connectivity index is 1.96. The highest BCUT2D eigenvalue weighted by molar-refractivity contribution is 5.94. The van der Waals surface area contributed by atoms with Gasteiger partial charge in [0, 0.05) is 37.9 Å². The summed E-state index contributed by atoms with van der Waals surface area (Å²) in [6.45, 7) is 8.04. The molecule has 0 bridgehead atoms. The largest absolute Gasteiger partial charge is 0.372 e. The summed E-state index contributed by atoms with van der Waals surface area (Å²) >= 11 is 0. The van der Waals surface area contributed by atoms with Crippen molar-refractivity contribution in [1.29, 1.82) is 0 Å². The number of hydrogen-bond acceptors (Lipinski definition) is 3. The van der Waals surface area contributed by atoms with Crippen molar-refractivity contribution in [1.82, 2.24) is 4.90 Å². The number of carbonyl (C=O) groups is 2. The van der Waals surface area contributed by atoms with Gasteiger partial charge in [-0.3, -0.25) is 9.59 Å². The molecule has 0 aliphatic heterocycles. The molecule has 0 heterocycles. The summed E-state index contributed by atoms with van der Waals surface area (Å²) in [4.78, 5) is 28.0. The van der Waals surface area contributed by atoms with Crippen LogP contribution >= 0.6 is 0 Å². The highest BCUT2D eigenvalue weighted by Gasteiger charge is 2.14. The van der Waals surface area contributed by atoms with Crippen LogP contribution in [-0.4, -0.2) is 36.3 Å². The number of benzene rings is 2. The first kappa shape index (κ1) is 19.5. The molecule has 0 saturated carbocycles. The van der Waals surface area contributed by atoms with Crippen molar-refractivity contribution in [3.63, 3.8) is 0 Å². The fourth-order valence-corrected chi connectivity index (χ4v) is 2.80. The molecular weight excluding hydrogens is 326 g/mol. The molecule has 0 unspecified atom stereocenters. The molecule has 0 aliphatic carbocycles. The minimum atomic E-state index is -0.202. The van der Waals surface area contributed by atoms with Gasteiger partial charge in [0.05, 0.1) is 0 Å². The van der Waals surface area contributed by atoms with Crippen LogP contribution in [-0.2, 0) is 16.1 Å². The maximum Gasteiger partial charge on any atom is 0.244 e. The number of amides is 2. The predicted molar refractivity (Wildman–Crippen MR) is 106 cm³/mol. The topological polar surface area (TPSA) is 52.7 Å². The van der Waals surface area contributed by atoms with Crippen LogP contribution in [0, 0.1) is 0 Å². The Bertz CT molecular complexity index is 710. The highest BCUT2D eigenvalue weighted by atomic mass is 16.2. The van der Waals surface area contributed by atoms with Crippen molar-refractivity contribution < 1.29 is 9.59 Å². The smallest absolute Gasteiger partial charge is 0.244 e. The van der Waals surface area contributed by atoms with E-state index in [2.05, 4.69) is 24.1 Å². The molecule has 5 nitrogen and oxygen atoms in total. The van der Waals surface area contributed by atoms with Gasteiger partial charge in [-0.25, -0.2) is 0 Å². The van der Waals surface area contributed by atoms with E-state index >= 15 is 0 Å². The molecule has 0 radical (unpaired) electrons. The SMILES string of the molecule is CCN(CC)c1ccc(NC(=O)CN(Cc2ccccc2)C(C)=O)cc1. The molecule has 2 aromatic rings. The first-order chi connectivity index (χ1) is 12.5. The standard InChI is InChI=1S/C21H27N3O2/c1-4-23(5-2)20-13-11-19(12-14-20)22-21(26)16-24(17(3)25)15-18-9-7-6-8-10-18/h6-14H,4-5,15-16H2,1-3H3,(H,22,26). The molecule has 0 saturated heterocycles. The number of nitrogens with one attached hydrogen (secondary N) is 1. The van der Waals surface area contributed by atoms with Gasteiger partial charge < -0.3 is 15.1 Å². The molecule has 2 rings (SSSR count). The van der Waals surface area contributed by atoms with E-state index in [-0.39, 0.29) is 18.4 Å². The van der Waals surface area contributed by atoms with Crippen molar-refractivity contribution in [2.24, 2.45) is 0 Å². The van der Waals surface area contributed by atoms with Gasteiger partial charge in [0.2, 0.25) is 11.8 Å². The normalized spacial score (nSPS) is 10.3. The molecule has 0 fully saturated rings. The van der Waals surface area contributed by atoms with Crippen LogP contribution in [0.2, 0.25) is 0 Å². The molecule has 5 heteroatoms. The Morgan fingerprint density at radius 2 is 1.54 bits per heavy atom. The van der Waals surface area contributed by atoms with Crippen molar-refractivity contribution in [2.75, 3.05) is 29.9 Å². The van der Waals surface area contributed by atoms with Gasteiger partial charge in [-0.05, 0) is 43.7 Å². The van der Waals surface area contributed by atoms with E-state index in [1.807, 2.05) is 54.6 Å². The summed E-state index contributed by atoms with van der Waals surface area (Å²) < 4.78 is 0. The molecular formula is C21H27N3O2. The van der Waals surface area contributed by atoms with E-state index < -0.39 is 0 Å². The molecule has 2 amide bonds. The Labute approximate surface area is 155 Å². The summed E-state index contributed by atoms with van der Waals surface area (Å²) in [5.41, 5.74) is 2.86. The number of hydrogen-bond donors (Lipinski definition) is 1. The lowest BCUT2D eigenvalue weighted by molar-refractivity contribution is -0.133. The summed E-state index contributed by atoms with van der Waals surface area (Å²) in [5, 5.41) is 2.86. The fourth-order valence-electron chi connectivity index (χ4n) is 2.80. The van der Waals surface area contributed by atoms with Gasteiger partial charge in [-0.15, -0.1) is 0 Å². The monoisotopic (exact) mass is 353 g/mol. The average molecular weight is 353 g/mol. The Morgan fingerprint density at radius 1 is 0.923 bits per heavy atom. The molecule has 0 spiro atoms. The third kappa shape index (κ3) is 5.62. The van der Waals surface area contributed by atoms with Crippen LogP contribution in [0.3, 0.4) is 0 Å². The highest BCUT2D eigenvalue weighted by Crippen LogP contribution is 2.17. The van der Waals surface area contributed by atoms with Crippen molar-refractivity contribution in [3.8, 4) is 0 Å². The minimum absolute atomic E-state index is 0.0298. The lowest BCUT2D eigenvalue weighted by Gasteiger charge is -2.22. The van der Waals surface area contributed by atoms with E-state index in [1.165, 1.54) is 11.8 Å². The van der Waals surface area contributed by atoms with E-state index in [9.17, 15) is 9.59 Å². The van der Waals surface area contributed by atoms with Crippen molar-refractivity contribution in [2.45, 2.75) is 27.3 Å². The van der Waals surface area contributed by atoms with Crippen molar-refractivity contribution in [3.05, 3.63) is 60.2 Å². The minimum Gasteiger partial charge on any atom is -0.372 e. The number of rotatable bonds is 8. The number of nitrogens with zero attached hydrogens (tertiary/aromatic N) is 2. The van der Waals surface area contributed by atoms with E-state index in [4.69, 9.17) is 0 Å². The summed E-state index contributed by atoms with van der Waals surface area (Å²) in [5.74, 6) is -0.326. The Kier molecular flexibility index (Phi) is 7.21. The maximum atomic E-state index is 12.3. The van der Waals surface area contributed by atoms with Gasteiger partial charge in [0.25, 0.3) is 0 Å². The molecule has 0 aromatic heterocycles. The Morgan fingerprint density at radius 3 is 2.08 bits per heavy atom. The maximum absolute atomic E-state index is 12.3. The zero-order valence-corrected chi connectivity index (χ0v) is 15.7. The van der Waals surface area contributed by atoms with Crippen LogP contribution in [0.15, 0.2) is 54.6 Å².